The molecule has 0 saturated carbocycles. The number of aromatic nitrogens is 1. The Bertz CT molecular complexity index is 763. The van der Waals surface area contributed by atoms with E-state index < -0.39 is 10.1 Å². The fraction of sp³-hybridized carbons (Fsp3) is 0.267. The third kappa shape index (κ3) is 5.33. The molecule has 0 unspecified atom stereocenters. The maximum absolute atomic E-state index is 10.8. The van der Waals surface area contributed by atoms with Gasteiger partial charge in [-0.3, -0.25) is 11.6 Å². The Morgan fingerprint density at radius 1 is 1.04 bits per heavy atom. The lowest BCUT2D eigenvalue weighted by Gasteiger charge is -2.14. The minimum atomic E-state index is -4.33. The topological polar surface area (TPSA) is 113 Å². The highest BCUT2D eigenvalue weighted by Gasteiger charge is 2.09. The van der Waals surface area contributed by atoms with Crippen LogP contribution in [0.25, 0.3) is 0 Å². The highest BCUT2D eigenvalue weighted by atomic mass is 127. The Hall–Kier alpha value is -1.39. The molecule has 0 radical (unpaired) electrons. The predicted molar refractivity (Wildman–Crippen MR) is 97.3 cm³/mol. The number of anilines is 1. The Balaban J connectivity index is 0.000000238. The zero-order valence-electron chi connectivity index (χ0n) is 13.4. The first-order valence-corrected chi connectivity index (χ1v) is 9.18. The van der Waals surface area contributed by atoms with Gasteiger partial charge in [0.15, 0.2) is 0 Å². The molecular weight excluding hydrogens is 429 g/mol. The van der Waals surface area contributed by atoms with Crippen LogP contribution in [0.2, 0.25) is 0 Å². The molecule has 0 aliphatic rings. The number of halogens is 1. The third-order valence-electron chi connectivity index (χ3n) is 3.15. The predicted octanol–water partition coefficient (Wildman–Crippen LogP) is 1.70. The lowest BCUT2D eigenvalue weighted by molar-refractivity contribution is -0.624. The molecule has 0 aliphatic heterocycles. The van der Waals surface area contributed by atoms with Crippen molar-refractivity contribution in [1.29, 1.82) is 0 Å². The smallest absolute Gasteiger partial charge is 0.295 e. The van der Waals surface area contributed by atoms with Crippen LogP contribution in [0.15, 0.2) is 29.3 Å². The van der Waals surface area contributed by atoms with Crippen LogP contribution in [0, 0.1) is 31.3 Å². The minimum Gasteiger partial charge on any atom is -0.744 e. The highest BCUT2D eigenvalue weighted by Crippen LogP contribution is 2.20. The molecule has 6 nitrogen and oxygen atoms in total. The molecule has 0 bridgehead atoms. The summed E-state index contributed by atoms with van der Waals surface area (Å²) in [6.07, 6.45) is 1.80. The van der Waals surface area contributed by atoms with E-state index in [1.807, 2.05) is 19.9 Å². The fourth-order valence-corrected chi connectivity index (χ4v) is 3.59. The van der Waals surface area contributed by atoms with E-state index in [-0.39, 0.29) is 4.90 Å². The van der Waals surface area contributed by atoms with Crippen LogP contribution in [0.5, 0.6) is 0 Å². The van der Waals surface area contributed by atoms with Gasteiger partial charge in [0.1, 0.15) is 16.3 Å². The van der Waals surface area contributed by atoms with Crippen LogP contribution in [-0.2, 0) is 10.1 Å². The summed E-state index contributed by atoms with van der Waals surface area (Å²) >= 11 is 2.21. The van der Waals surface area contributed by atoms with Gasteiger partial charge in [0, 0.05) is 6.07 Å². The number of nitrogens with two attached hydrogens (primary N) is 2. The molecule has 4 N–H and O–H groups in total. The first-order chi connectivity index (χ1) is 10.4. The Kier molecular flexibility index (Phi) is 6.37. The lowest BCUT2D eigenvalue weighted by atomic mass is 10.1. The second-order valence-electron chi connectivity index (χ2n) is 5.32. The molecule has 0 spiro atoms. The molecule has 1 heterocycles. The Morgan fingerprint density at radius 2 is 1.52 bits per heavy atom. The molecule has 0 amide bonds. The Morgan fingerprint density at radius 3 is 1.91 bits per heavy atom. The van der Waals surface area contributed by atoms with Crippen molar-refractivity contribution in [2.75, 3.05) is 11.6 Å². The van der Waals surface area contributed by atoms with Gasteiger partial charge in [-0.2, -0.15) is 0 Å². The van der Waals surface area contributed by atoms with E-state index in [2.05, 4.69) is 22.6 Å². The molecule has 23 heavy (non-hydrogen) atoms. The molecule has 2 aromatic rings. The van der Waals surface area contributed by atoms with Crippen LogP contribution in [0.3, 0.4) is 0 Å². The molecule has 2 rings (SSSR count). The molecule has 0 aliphatic carbocycles. The van der Waals surface area contributed by atoms with E-state index in [1.165, 1.54) is 4.68 Å². The van der Waals surface area contributed by atoms with Crippen molar-refractivity contribution in [1.82, 2.24) is 0 Å². The minimum absolute atomic E-state index is 0.0851. The molecule has 0 saturated heterocycles. The molecule has 0 fully saturated rings. The molecule has 1 aromatic carbocycles. The summed E-state index contributed by atoms with van der Waals surface area (Å²) in [5.41, 5.74) is 8.68. The summed E-state index contributed by atoms with van der Waals surface area (Å²) in [4.78, 5) is -0.0851. The standard InChI is InChI=1S/C9H12O3S.C6H8IN3/c1-6-4-7(2)9(8(3)5-6)13(10,11)12;1-4-2-6(8)10(9)3-5(4)7/h4-5H,1-3H3,(H,10,11,12);2-3,8H,9H2,1H3. The van der Waals surface area contributed by atoms with Crippen molar-refractivity contribution in [3.8, 4) is 0 Å². The lowest BCUT2D eigenvalue weighted by Crippen LogP contribution is -2.47. The van der Waals surface area contributed by atoms with E-state index in [1.54, 1.807) is 32.2 Å². The number of benzene rings is 1. The van der Waals surface area contributed by atoms with Crippen molar-refractivity contribution >= 4 is 38.5 Å². The highest BCUT2D eigenvalue weighted by molar-refractivity contribution is 14.1. The van der Waals surface area contributed by atoms with E-state index in [0.717, 1.165) is 14.7 Å². The second kappa shape index (κ2) is 7.45. The van der Waals surface area contributed by atoms with Gasteiger partial charge in [0.05, 0.1) is 8.47 Å². The number of rotatable bonds is 1. The van der Waals surface area contributed by atoms with Gasteiger partial charge in [0.2, 0.25) is 0 Å². The maximum Gasteiger partial charge on any atom is 0.295 e. The average molecular weight is 449 g/mol. The average Bonchev–Trinajstić information content (AvgIpc) is 2.34. The van der Waals surface area contributed by atoms with Gasteiger partial charge in [-0.25, -0.2) is 8.42 Å². The summed E-state index contributed by atoms with van der Waals surface area (Å²) in [6.45, 7) is 7.12. The van der Waals surface area contributed by atoms with Crippen molar-refractivity contribution in [2.45, 2.75) is 32.6 Å². The van der Waals surface area contributed by atoms with E-state index >= 15 is 0 Å². The molecule has 126 valence electrons. The molecule has 1 aromatic heterocycles. The van der Waals surface area contributed by atoms with Gasteiger partial charge in [-0.1, -0.05) is 17.7 Å². The van der Waals surface area contributed by atoms with Crippen molar-refractivity contribution < 1.29 is 17.6 Å². The number of hydrogen-bond donors (Lipinski definition) is 2. The number of pyridine rings is 1. The zero-order chi connectivity index (χ0) is 17.9. The quantitative estimate of drug-likeness (QED) is 0.298. The summed E-state index contributed by atoms with van der Waals surface area (Å²) in [5, 5.41) is 0. The van der Waals surface area contributed by atoms with Crippen LogP contribution in [-0.4, -0.2) is 13.0 Å². The largest absolute Gasteiger partial charge is 0.744 e. The summed E-state index contributed by atoms with van der Waals surface area (Å²) in [6, 6.07) is 5.23. The van der Waals surface area contributed by atoms with Gasteiger partial charge in [0.25, 0.3) is 5.82 Å². The normalized spacial score (nSPS) is 10.9. The van der Waals surface area contributed by atoms with Gasteiger partial charge >= 0.3 is 0 Å². The van der Waals surface area contributed by atoms with Crippen LogP contribution in [0.4, 0.5) is 5.82 Å². The maximum atomic E-state index is 10.8. The zero-order valence-corrected chi connectivity index (χ0v) is 16.4. The molecule has 0 atom stereocenters. The first-order valence-electron chi connectivity index (χ1n) is 6.69. The number of nitrogen functional groups attached to an aromatic ring is 2. The van der Waals surface area contributed by atoms with Crippen LogP contribution >= 0.6 is 22.6 Å². The van der Waals surface area contributed by atoms with Gasteiger partial charge in [-0.05, 0) is 67.0 Å². The summed E-state index contributed by atoms with van der Waals surface area (Å²) in [7, 11) is -4.33. The van der Waals surface area contributed by atoms with Crippen molar-refractivity contribution in [2.24, 2.45) is 0 Å². The van der Waals surface area contributed by atoms with Gasteiger partial charge < -0.3 is 4.55 Å². The van der Waals surface area contributed by atoms with Crippen molar-refractivity contribution in [3.05, 3.63) is 50.2 Å². The first kappa shape index (κ1) is 19.7. The van der Waals surface area contributed by atoms with Crippen LogP contribution in [0.1, 0.15) is 22.3 Å². The monoisotopic (exact) mass is 449 g/mol. The SMILES string of the molecule is Cc1cc(C)c(S(=O)(=O)[O-])c(C)c1.Cc1cc(N)[n+](N)cc1I. The third-order valence-corrected chi connectivity index (χ3v) is 5.42. The van der Waals surface area contributed by atoms with E-state index in [9.17, 15) is 13.0 Å². The molecular formula is C15H20IN3O3S. The van der Waals surface area contributed by atoms with Crippen LogP contribution < -0.4 is 16.3 Å². The number of aryl methyl sites for hydroxylation is 4. The fourth-order valence-electron chi connectivity index (χ4n) is 2.22. The number of nitrogens with zero attached hydrogens (tertiary/aromatic N) is 1. The van der Waals surface area contributed by atoms with E-state index in [0.29, 0.717) is 16.9 Å². The summed E-state index contributed by atoms with van der Waals surface area (Å²) < 4.78 is 35.0. The molecule has 8 heteroatoms. The Labute approximate surface area is 150 Å². The summed E-state index contributed by atoms with van der Waals surface area (Å²) in [5.74, 6) is 6.06. The second-order valence-corrected chi connectivity index (χ2v) is 7.80. The van der Waals surface area contributed by atoms with E-state index in [4.69, 9.17) is 11.6 Å². The number of hydrogen-bond acceptors (Lipinski definition) is 5. The van der Waals surface area contributed by atoms with Crippen molar-refractivity contribution in [3.63, 3.8) is 0 Å². The van der Waals surface area contributed by atoms with Gasteiger partial charge in [-0.15, -0.1) is 4.68 Å².